The molecule has 19 heavy (non-hydrogen) atoms. The molecular weight excluding hydrogens is 375 g/mol. The average Bonchev–Trinajstić information content (AvgIpc) is 2.88. The fourth-order valence-electron chi connectivity index (χ4n) is 2.13. The molecule has 1 aliphatic rings. The number of ketones is 1. The number of fused-ring (bicyclic) bond motifs is 1. The lowest BCUT2D eigenvalue weighted by Gasteiger charge is -2.05. The number of carbonyl (C=O) groups excluding carboxylic acids is 1. The van der Waals surface area contributed by atoms with Gasteiger partial charge in [0.1, 0.15) is 5.75 Å². The molecule has 0 saturated carbocycles. The van der Waals surface area contributed by atoms with Crippen LogP contribution in [-0.4, -0.2) is 12.4 Å². The van der Waals surface area contributed by atoms with E-state index < -0.39 is 0 Å². The van der Waals surface area contributed by atoms with E-state index in [0.29, 0.717) is 22.8 Å². The molecule has 0 saturated heterocycles. The number of ether oxygens (including phenoxy) is 1. The Kier molecular flexibility index (Phi) is 3.50. The second-order valence-electron chi connectivity index (χ2n) is 4.38. The summed E-state index contributed by atoms with van der Waals surface area (Å²) in [6.45, 7) is 0.697. The standard InChI is InChI=1S/C15H10ClIO2/c16-12-8-11(1-3-13(12)17)15(18)10-2-4-14-9(7-10)5-6-19-14/h1-4,7-8H,5-6H2. The van der Waals surface area contributed by atoms with Crippen molar-refractivity contribution in [1.82, 2.24) is 0 Å². The van der Waals surface area contributed by atoms with E-state index in [4.69, 9.17) is 16.3 Å². The second kappa shape index (κ2) is 5.13. The lowest BCUT2D eigenvalue weighted by atomic mass is 10.0. The number of hydrogen-bond donors (Lipinski definition) is 0. The van der Waals surface area contributed by atoms with Crippen LogP contribution in [0.3, 0.4) is 0 Å². The minimum Gasteiger partial charge on any atom is -0.493 e. The maximum absolute atomic E-state index is 12.4. The van der Waals surface area contributed by atoms with Crippen molar-refractivity contribution in [2.75, 3.05) is 6.61 Å². The fraction of sp³-hybridized carbons (Fsp3) is 0.133. The van der Waals surface area contributed by atoms with Gasteiger partial charge in [0, 0.05) is 21.1 Å². The predicted octanol–water partition coefficient (Wildman–Crippen LogP) is 4.11. The van der Waals surface area contributed by atoms with Crippen molar-refractivity contribution in [3.8, 4) is 5.75 Å². The van der Waals surface area contributed by atoms with Crippen LogP contribution in [0.15, 0.2) is 36.4 Å². The van der Waals surface area contributed by atoms with Crippen LogP contribution in [0, 0.1) is 3.57 Å². The molecule has 0 N–H and O–H groups in total. The molecule has 2 aromatic rings. The van der Waals surface area contributed by atoms with E-state index in [0.717, 1.165) is 21.3 Å². The zero-order chi connectivity index (χ0) is 13.4. The van der Waals surface area contributed by atoms with Gasteiger partial charge in [-0.3, -0.25) is 4.79 Å². The molecule has 2 aromatic carbocycles. The fourth-order valence-corrected chi connectivity index (χ4v) is 2.65. The van der Waals surface area contributed by atoms with Gasteiger partial charge in [-0.1, -0.05) is 11.6 Å². The molecule has 0 fully saturated rings. The highest BCUT2D eigenvalue weighted by Crippen LogP contribution is 2.27. The van der Waals surface area contributed by atoms with Crippen LogP contribution in [0.1, 0.15) is 21.5 Å². The SMILES string of the molecule is O=C(c1ccc(I)c(Cl)c1)c1ccc2c(c1)CCO2. The third kappa shape index (κ3) is 2.49. The van der Waals surface area contributed by atoms with Crippen molar-refractivity contribution in [2.24, 2.45) is 0 Å². The summed E-state index contributed by atoms with van der Waals surface area (Å²) in [6, 6.07) is 11.0. The van der Waals surface area contributed by atoms with Crippen molar-refractivity contribution in [3.63, 3.8) is 0 Å². The van der Waals surface area contributed by atoms with E-state index in [1.54, 1.807) is 18.2 Å². The van der Waals surface area contributed by atoms with E-state index in [1.165, 1.54) is 0 Å². The first kappa shape index (κ1) is 12.9. The maximum atomic E-state index is 12.4. The van der Waals surface area contributed by atoms with Gasteiger partial charge in [0.25, 0.3) is 0 Å². The molecule has 0 aliphatic carbocycles. The van der Waals surface area contributed by atoms with Crippen molar-refractivity contribution in [1.29, 1.82) is 0 Å². The average molecular weight is 385 g/mol. The summed E-state index contributed by atoms with van der Waals surface area (Å²) in [6.07, 6.45) is 0.865. The van der Waals surface area contributed by atoms with Gasteiger partial charge in [-0.05, 0) is 64.6 Å². The lowest BCUT2D eigenvalue weighted by Crippen LogP contribution is -2.02. The summed E-state index contributed by atoms with van der Waals surface area (Å²) in [7, 11) is 0. The maximum Gasteiger partial charge on any atom is 0.193 e. The number of halogens is 2. The normalized spacial score (nSPS) is 12.9. The molecule has 0 unspecified atom stereocenters. The number of carbonyl (C=O) groups is 1. The highest BCUT2D eigenvalue weighted by molar-refractivity contribution is 14.1. The van der Waals surface area contributed by atoms with Crippen molar-refractivity contribution >= 4 is 40.0 Å². The minimum atomic E-state index is -0.00648. The van der Waals surface area contributed by atoms with Crippen LogP contribution < -0.4 is 4.74 Å². The van der Waals surface area contributed by atoms with E-state index >= 15 is 0 Å². The minimum absolute atomic E-state index is 0.00648. The molecule has 1 aliphatic heterocycles. The molecular formula is C15H10ClIO2. The molecule has 0 aromatic heterocycles. The van der Waals surface area contributed by atoms with Crippen LogP contribution in [0.25, 0.3) is 0 Å². The largest absolute Gasteiger partial charge is 0.493 e. The molecule has 1 heterocycles. The first-order chi connectivity index (χ1) is 9.15. The molecule has 0 bridgehead atoms. The Morgan fingerprint density at radius 3 is 2.68 bits per heavy atom. The van der Waals surface area contributed by atoms with Crippen LogP contribution in [0.2, 0.25) is 5.02 Å². The monoisotopic (exact) mass is 384 g/mol. The number of rotatable bonds is 2. The molecule has 96 valence electrons. The van der Waals surface area contributed by atoms with Crippen molar-refractivity contribution < 1.29 is 9.53 Å². The summed E-state index contributed by atoms with van der Waals surface area (Å²) in [4.78, 5) is 12.4. The van der Waals surface area contributed by atoms with Gasteiger partial charge >= 0.3 is 0 Å². The Labute approximate surface area is 129 Å². The topological polar surface area (TPSA) is 26.3 Å². The molecule has 0 spiro atoms. The number of benzene rings is 2. The molecule has 0 atom stereocenters. The van der Waals surface area contributed by atoms with E-state index in [9.17, 15) is 4.79 Å². The highest BCUT2D eigenvalue weighted by atomic mass is 127. The third-order valence-corrected chi connectivity index (χ3v) is 4.71. The van der Waals surface area contributed by atoms with E-state index in [2.05, 4.69) is 22.6 Å². The predicted molar refractivity (Wildman–Crippen MR) is 83.2 cm³/mol. The van der Waals surface area contributed by atoms with Gasteiger partial charge in [-0.15, -0.1) is 0 Å². The molecule has 3 rings (SSSR count). The van der Waals surface area contributed by atoms with Gasteiger partial charge in [-0.25, -0.2) is 0 Å². The summed E-state index contributed by atoms with van der Waals surface area (Å²) in [5, 5.41) is 0.607. The third-order valence-electron chi connectivity index (χ3n) is 3.13. The summed E-state index contributed by atoms with van der Waals surface area (Å²) in [5.74, 6) is 0.880. The molecule has 0 radical (unpaired) electrons. The van der Waals surface area contributed by atoms with Gasteiger partial charge in [0.2, 0.25) is 0 Å². The van der Waals surface area contributed by atoms with Gasteiger partial charge in [0.15, 0.2) is 5.78 Å². The Morgan fingerprint density at radius 1 is 1.16 bits per heavy atom. The zero-order valence-corrected chi connectivity index (χ0v) is 12.9. The van der Waals surface area contributed by atoms with Crippen LogP contribution in [0.4, 0.5) is 0 Å². The Hall–Kier alpha value is -1.07. The van der Waals surface area contributed by atoms with Gasteiger partial charge in [0.05, 0.1) is 11.6 Å². The van der Waals surface area contributed by atoms with Crippen molar-refractivity contribution in [3.05, 3.63) is 61.7 Å². The Morgan fingerprint density at radius 2 is 1.89 bits per heavy atom. The smallest absolute Gasteiger partial charge is 0.193 e. The Bertz CT molecular complexity index is 667. The summed E-state index contributed by atoms with van der Waals surface area (Å²) >= 11 is 8.20. The number of hydrogen-bond acceptors (Lipinski definition) is 2. The quantitative estimate of drug-likeness (QED) is 0.575. The first-order valence-corrected chi connectivity index (χ1v) is 7.36. The lowest BCUT2D eigenvalue weighted by molar-refractivity contribution is 0.103. The van der Waals surface area contributed by atoms with Crippen LogP contribution in [0.5, 0.6) is 5.75 Å². The molecule has 4 heteroatoms. The zero-order valence-electron chi connectivity index (χ0n) is 9.95. The Balaban J connectivity index is 1.97. The van der Waals surface area contributed by atoms with Crippen LogP contribution >= 0.6 is 34.2 Å². The molecule has 0 amide bonds. The van der Waals surface area contributed by atoms with E-state index in [1.807, 2.05) is 18.2 Å². The first-order valence-electron chi connectivity index (χ1n) is 5.90. The van der Waals surface area contributed by atoms with Crippen LogP contribution in [-0.2, 0) is 6.42 Å². The van der Waals surface area contributed by atoms with Crippen molar-refractivity contribution in [2.45, 2.75) is 6.42 Å². The van der Waals surface area contributed by atoms with Gasteiger partial charge < -0.3 is 4.74 Å². The van der Waals surface area contributed by atoms with Gasteiger partial charge in [-0.2, -0.15) is 0 Å². The summed E-state index contributed by atoms with van der Waals surface area (Å²) < 4.78 is 6.38. The second-order valence-corrected chi connectivity index (χ2v) is 5.95. The molecule has 2 nitrogen and oxygen atoms in total. The van der Waals surface area contributed by atoms with E-state index in [-0.39, 0.29) is 5.78 Å². The summed E-state index contributed by atoms with van der Waals surface area (Å²) in [5.41, 5.74) is 2.40. The highest BCUT2D eigenvalue weighted by Gasteiger charge is 2.16.